The van der Waals surface area contributed by atoms with E-state index in [0.29, 0.717) is 30.3 Å². The van der Waals surface area contributed by atoms with Gasteiger partial charge in [-0.2, -0.15) is 0 Å². The standard InChI is InChI=1S/C27H31N3O3/c1-5-24(26(31)28-19-12-10-18(4)11-13-19)33-27(32)25-20-8-6-7-9-22(20)29-23-14-15-30(17(2)3)16-21(23)25/h6-13,17,24H,5,14-16H2,1-4H3,(H,28,31). The molecule has 1 aromatic heterocycles. The number of carbonyl (C=O) groups is 2. The van der Waals surface area contributed by atoms with Crippen molar-refractivity contribution in [1.29, 1.82) is 0 Å². The monoisotopic (exact) mass is 445 g/mol. The Kier molecular flexibility index (Phi) is 6.75. The highest BCUT2D eigenvalue weighted by Crippen LogP contribution is 2.30. The smallest absolute Gasteiger partial charge is 0.340 e. The van der Waals surface area contributed by atoms with Gasteiger partial charge in [0.1, 0.15) is 0 Å². The molecule has 172 valence electrons. The molecule has 6 heteroatoms. The fraction of sp³-hybridized carbons (Fsp3) is 0.370. The van der Waals surface area contributed by atoms with Crippen molar-refractivity contribution in [3.63, 3.8) is 0 Å². The molecule has 2 heterocycles. The number of pyridine rings is 1. The molecule has 1 unspecified atom stereocenters. The molecule has 1 amide bonds. The number of carbonyl (C=O) groups excluding carboxylic acids is 2. The molecule has 6 nitrogen and oxygen atoms in total. The zero-order chi connectivity index (χ0) is 23.5. The van der Waals surface area contributed by atoms with Crippen LogP contribution in [0.15, 0.2) is 48.5 Å². The summed E-state index contributed by atoms with van der Waals surface area (Å²) in [5, 5.41) is 3.63. The van der Waals surface area contributed by atoms with Gasteiger partial charge in [0.15, 0.2) is 6.10 Å². The Morgan fingerprint density at radius 3 is 2.55 bits per heavy atom. The minimum absolute atomic E-state index is 0.328. The summed E-state index contributed by atoms with van der Waals surface area (Å²) in [5.74, 6) is -0.799. The zero-order valence-electron chi connectivity index (χ0n) is 19.7. The van der Waals surface area contributed by atoms with Crippen molar-refractivity contribution < 1.29 is 14.3 Å². The zero-order valence-corrected chi connectivity index (χ0v) is 19.7. The Morgan fingerprint density at radius 1 is 1.12 bits per heavy atom. The summed E-state index contributed by atoms with van der Waals surface area (Å²) in [6.45, 7) is 9.68. The number of ether oxygens (including phenoxy) is 1. The van der Waals surface area contributed by atoms with E-state index in [9.17, 15) is 9.59 Å². The maximum absolute atomic E-state index is 13.5. The molecule has 1 atom stereocenters. The number of nitrogens with one attached hydrogen (secondary N) is 1. The van der Waals surface area contributed by atoms with Crippen LogP contribution in [0.25, 0.3) is 10.9 Å². The third kappa shape index (κ3) is 4.91. The highest BCUT2D eigenvalue weighted by Gasteiger charge is 2.30. The Labute approximate surface area is 195 Å². The first-order valence-electron chi connectivity index (χ1n) is 11.6. The van der Waals surface area contributed by atoms with Crippen LogP contribution in [-0.4, -0.2) is 40.5 Å². The van der Waals surface area contributed by atoms with Gasteiger partial charge in [0, 0.05) is 47.9 Å². The second-order valence-electron chi connectivity index (χ2n) is 8.90. The molecule has 0 spiro atoms. The molecule has 0 bridgehead atoms. The van der Waals surface area contributed by atoms with E-state index in [1.54, 1.807) is 0 Å². The Morgan fingerprint density at radius 2 is 1.85 bits per heavy atom. The minimum Gasteiger partial charge on any atom is -0.449 e. The lowest BCUT2D eigenvalue weighted by Crippen LogP contribution is -2.38. The molecule has 33 heavy (non-hydrogen) atoms. The van der Waals surface area contributed by atoms with Crippen molar-refractivity contribution in [1.82, 2.24) is 9.88 Å². The number of amides is 1. The molecule has 0 fully saturated rings. The van der Waals surface area contributed by atoms with Gasteiger partial charge in [0.05, 0.1) is 11.1 Å². The van der Waals surface area contributed by atoms with Crippen LogP contribution in [0.5, 0.6) is 0 Å². The third-order valence-electron chi connectivity index (χ3n) is 6.24. The van der Waals surface area contributed by atoms with Crippen LogP contribution in [0.2, 0.25) is 0 Å². The number of hydrogen-bond acceptors (Lipinski definition) is 5. The summed E-state index contributed by atoms with van der Waals surface area (Å²) in [6.07, 6.45) is 0.280. The molecule has 2 aromatic carbocycles. The van der Waals surface area contributed by atoms with Gasteiger partial charge in [-0.1, -0.05) is 42.8 Å². The van der Waals surface area contributed by atoms with Gasteiger partial charge < -0.3 is 10.1 Å². The molecule has 1 N–H and O–H groups in total. The van der Waals surface area contributed by atoms with Crippen LogP contribution in [0, 0.1) is 6.92 Å². The first-order valence-corrected chi connectivity index (χ1v) is 11.6. The Balaban J connectivity index is 1.64. The lowest BCUT2D eigenvalue weighted by Gasteiger charge is -2.32. The number of nitrogens with zero attached hydrogens (tertiary/aromatic N) is 2. The number of benzene rings is 2. The molecule has 4 rings (SSSR count). The normalized spacial score (nSPS) is 14.7. The first-order chi connectivity index (χ1) is 15.9. The predicted octanol–water partition coefficient (Wildman–Crippen LogP) is 4.88. The first kappa shape index (κ1) is 22.9. The van der Waals surface area contributed by atoms with Crippen LogP contribution >= 0.6 is 0 Å². The maximum atomic E-state index is 13.5. The molecular weight excluding hydrogens is 414 g/mol. The van der Waals surface area contributed by atoms with Crippen molar-refractivity contribution in [3.05, 3.63) is 70.9 Å². The molecule has 0 radical (unpaired) electrons. The van der Waals surface area contributed by atoms with Crippen LogP contribution in [0.1, 0.15) is 54.4 Å². The van der Waals surface area contributed by atoms with E-state index in [4.69, 9.17) is 9.72 Å². The fourth-order valence-corrected chi connectivity index (χ4v) is 4.25. The predicted molar refractivity (Wildman–Crippen MR) is 130 cm³/mol. The van der Waals surface area contributed by atoms with Gasteiger partial charge in [-0.15, -0.1) is 0 Å². The van der Waals surface area contributed by atoms with E-state index in [-0.39, 0.29) is 5.91 Å². The van der Waals surface area contributed by atoms with Gasteiger partial charge in [0.2, 0.25) is 0 Å². The molecule has 0 saturated heterocycles. The average molecular weight is 446 g/mol. The van der Waals surface area contributed by atoms with Crippen molar-refractivity contribution in [2.75, 3.05) is 11.9 Å². The summed E-state index contributed by atoms with van der Waals surface area (Å²) < 4.78 is 5.82. The molecule has 1 aliphatic heterocycles. The van der Waals surface area contributed by atoms with Gasteiger partial charge >= 0.3 is 5.97 Å². The summed E-state index contributed by atoms with van der Waals surface area (Å²) in [6, 6.07) is 15.5. The van der Waals surface area contributed by atoms with Gasteiger partial charge in [-0.3, -0.25) is 14.7 Å². The van der Waals surface area contributed by atoms with Crippen molar-refractivity contribution in [2.24, 2.45) is 0 Å². The van der Waals surface area contributed by atoms with E-state index >= 15 is 0 Å². The number of esters is 1. The highest BCUT2D eigenvalue weighted by molar-refractivity contribution is 6.06. The van der Waals surface area contributed by atoms with Gasteiger partial charge in [-0.05, 0) is 45.4 Å². The quantitative estimate of drug-likeness (QED) is 0.548. The molecule has 1 aliphatic rings. The Hall–Kier alpha value is -3.25. The van der Waals surface area contributed by atoms with Crippen LogP contribution in [0.3, 0.4) is 0 Å². The number of hydrogen-bond donors (Lipinski definition) is 1. The van der Waals surface area contributed by atoms with Crippen molar-refractivity contribution >= 4 is 28.5 Å². The lowest BCUT2D eigenvalue weighted by atomic mass is 9.95. The van der Waals surface area contributed by atoms with Crippen LogP contribution < -0.4 is 5.32 Å². The topological polar surface area (TPSA) is 71.5 Å². The van der Waals surface area contributed by atoms with Gasteiger partial charge in [0.25, 0.3) is 5.91 Å². The number of rotatable bonds is 6. The number of aromatic nitrogens is 1. The lowest BCUT2D eigenvalue weighted by molar-refractivity contribution is -0.124. The van der Waals surface area contributed by atoms with Crippen molar-refractivity contribution in [2.45, 2.75) is 59.2 Å². The van der Waals surface area contributed by atoms with Gasteiger partial charge in [-0.25, -0.2) is 4.79 Å². The average Bonchev–Trinajstić information content (AvgIpc) is 2.81. The molecule has 3 aromatic rings. The second kappa shape index (κ2) is 9.71. The summed E-state index contributed by atoms with van der Waals surface area (Å²) in [5.41, 5.74) is 4.94. The SMILES string of the molecule is CCC(OC(=O)c1c2c(nc3ccccc13)CCN(C(C)C)C2)C(=O)Nc1ccc(C)cc1. The molecule has 0 aliphatic carbocycles. The van der Waals surface area contributed by atoms with Crippen LogP contribution in [0.4, 0.5) is 5.69 Å². The number of fused-ring (bicyclic) bond motifs is 2. The third-order valence-corrected chi connectivity index (χ3v) is 6.24. The van der Waals surface area contributed by atoms with E-state index in [2.05, 4.69) is 24.1 Å². The largest absolute Gasteiger partial charge is 0.449 e. The summed E-state index contributed by atoms with van der Waals surface area (Å²) in [4.78, 5) is 33.6. The van der Waals surface area contributed by atoms with E-state index in [1.807, 2.05) is 62.4 Å². The number of aryl methyl sites for hydroxylation is 1. The summed E-state index contributed by atoms with van der Waals surface area (Å²) >= 11 is 0. The van der Waals surface area contributed by atoms with E-state index < -0.39 is 12.1 Å². The summed E-state index contributed by atoms with van der Waals surface area (Å²) in [7, 11) is 0. The van der Waals surface area contributed by atoms with E-state index in [0.717, 1.165) is 40.7 Å². The molecule has 0 saturated carbocycles. The number of anilines is 1. The maximum Gasteiger partial charge on any atom is 0.340 e. The number of para-hydroxylation sites is 1. The Bertz CT molecular complexity index is 1170. The van der Waals surface area contributed by atoms with E-state index in [1.165, 1.54) is 0 Å². The highest BCUT2D eigenvalue weighted by atomic mass is 16.5. The van der Waals surface area contributed by atoms with Crippen molar-refractivity contribution in [3.8, 4) is 0 Å². The second-order valence-corrected chi connectivity index (χ2v) is 8.90. The fourth-order valence-electron chi connectivity index (χ4n) is 4.25. The van der Waals surface area contributed by atoms with Crippen LogP contribution in [-0.2, 0) is 22.5 Å². The molecular formula is C27H31N3O3. The minimum atomic E-state index is -0.883.